The van der Waals surface area contributed by atoms with Gasteiger partial charge in [0.1, 0.15) is 5.69 Å². The molecule has 1 amide bonds. The molecule has 0 saturated heterocycles. The minimum Gasteiger partial charge on any atom is -0.359 e. The molecule has 3 rings (SSSR count). The van der Waals surface area contributed by atoms with Crippen LogP contribution in [0.1, 0.15) is 21.9 Å². The lowest BCUT2D eigenvalue weighted by molar-refractivity contribution is 0.0766. The lowest BCUT2D eigenvalue weighted by Crippen LogP contribution is -2.26. The second-order valence-corrected chi connectivity index (χ2v) is 5.28. The number of hydrogen-bond acceptors (Lipinski definition) is 7. The van der Waals surface area contributed by atoms with Crippen LogP contribution in [-0.2, 0) is 6.54 Å². The summed E-state index contributed by atoms with van der Waals surface area (Å²) in [5.41, 5.74) is 2.37. The molecule has 3 aromatic heterocycles. The van der Waals surface area contributed by atoms with Gasteiger partial charge in [-0.15, -0.1) is 0 Å². The highest BCUT2D eigenvalue weighted by Gasteiger charge is 2.19. The molecule has 0 saturated carbocycles. The Hall–Kier alpha value is -2.61. The van der Waals surface area contributed by atoms with Gasteiger partial charge in [0, 0.05) is 19.3 Å². The summed E-state index contributed by atoms with van der Waals surface area (Å²) < 4.78 is 13.3. The van der Waals surface area contributed by atoms with Crippen molar-refractivity contribution in [3.05, 3.63) is 47.6 Å². The molecule has 0 fully saturated rings. The Balaban J connectivity index is 1.73. The summed E-state index contributed by atoms with van der Waals surface area (Å²) in [6.07, 6.45) is 1.69. The van der Waals surface area contributed by atoms with Gasteiger partial charge in [0.2, 0.25) is 0 Å². The van der Waals surface area contributed by atoms with Crippen LogP contribution in [0.3, 0.4) is 0 Å². The van der Waals surface area contributed by atoms with Gasteiger partial charge in [-0.2, -0.15) is 8.75 Å². The van der Waals surface area contributed by atoms with Crippen LogP contribution in [0.25, 0.3) is 11.4 Å². The van der Waals surface area contributed by atoms with Crippen LogP contribution < -0.4 is 0 Å². The van der Waals surface area contributed by atoms with E-state index in [9.17, 15) is 4.79 Å². The monoisotopic (exact) mass is 315 g/mol. The summed E-state index contributed by atoms with van der Waals surface area (Å²) in [6.45, 7) is 2.06. The van der Waals surface area contributed by atoms with Gasteiger partial charge >= 0.3 is 0 Å². The molecule has 8 heteroatoms. The zero-order valence-electron chi connectivity index (χ0n) is 12.1. The topological polar surface area (TPSA) is 85.0 Å². The Morgan fingerprint density at radius 1 is 1.32 bits per heavy atom. The van der Waals surface area contributed by atoms with Gasteiger partial charge in [-0.3, -0.25) is 9.78 Å². The molecule has 0 bridgehead atoms. The summed E-state index contributed by atoms with van der Waals surface area (Å²) in [4.78, 5) is 18.0. The maximum absolute atomic E-state index is 12.3. The minimum absolute atomic E-state index is 0.193. The first-order valence-corrected chi connectivity index (χ1v) is 7.30. The van der Waals surface area contributed by atoms with Crippen molar-refractivity contribution in [2.75, 3.05) is 7.05 Å². The molecular weight excluding hydrogens is 302 g/mol. The second-order valence-electron chi connectivity index (χ2n) is 4.75. The SMILES string of the molecule is Cc1nsnc1C(=O)N(C)Cc1cc(-c2ccccn2)no1. The predicted molar refractivity (Wildman–Crippen MR) is 80.2 cm³/mol. The first kappa shape index (κ1) is 14.3. The molecule has 0 aliphatic rings. The third-order valence-electron chi connectivity index (χ3n) is 3.08. The normalized spacial score (nSPS) is 10.6. The van der Waals surface area contributed by atoms with Crippen molar-refractivity contribution in [3.8, 4) is 11.4 Å². The molecular formula is C14H13N5O2S. The van der Waals surface area contributed by atoms with E-state index in [0.717, 1.165) is 17.4 Å². The summed E-state index contributed by atoms with van der Waals surface area (Å²) in [5.74, 6) is 0.388. The zero-order chi connectivity index (χ0) is 15.5. The lowest BCUT2D eigenvalue weighted by Gasteiger charge is -2.13. The molecule has 0 radical (unpaired) electrons. The first-order valence-electron chi connectivity index (χ1n) is 6.57. The smallest absolute Gasteiger partial charge is 0.275 e. The molecule has 22 heavy (non-hydrogen) atoms. The average Bonchev–Trinajstić information content (AvgIpc) is 3.16. The van der Waals surface area contributed by atoms with E-state index < -0.39 is 0 Å². The number of carbonyl (C=O) groups excluding carboxylic acids is 1. The Morgan fingerprint density at radius 2 is 2.18 bits per heavy atom. The van der Waals surface area contributed by atoms with E-state index in [4.69, 9.17) is 4.52 Å². The fourth-order valence-electron chi connectivity index (χ4n) is 1.93. The van der Waals surface area contributed by atoms with Crippen LogP contribution in [-0.4, -0.2) is 36.7 Å². The Bertz CT molecular complexity index is 783. The van der Waals surface area contributed by atoms with Crippen molar-refractivity contribution in [3.63, 3.8) is 0 Å². The highest BCUT2D eigenvalue weighted by Crippen LogP contribution is 2.17. The Labute approximate surface area is 130 Å². The highest BCUT2D eigenvalue weighted by molar-refractivity contribution is 6.99. The molecule has 112 valence electrons. The Morgan fingerprint density at radius 3 is 2.86 bits per heavy atom. The number of nitrogens with zero attached hydrogens (tertiary/aromatic N) is 5. The van der Waals surface area contributed by atoms with E-state index in [1.165, 1.54) is 4.90 Å². The van der Waals surface area contributed by atoms with Crippen molar-refractivity contribution in [1.82, 2.24) is 23.8 Å². The first-order chi connectivity index (χ1) is 10.6. The van der Waals surface area contributed by atoms with E-state index >= 15 is 0 Å². The molecule has 3 heterocycles. The Kier molecular flexibility index (Phi) is 3.92. The second kappa shape index (κ2) is 6.02. The van der Waals surface area contributed by atoms with Crippen LogP contribution in [0.15, 0.2) is 35.0 Å². The van der Waals surface area contributed by atoms with E-state index in [1.807, 2.05) is 18.2 Å². The van der Waals surface area contributed by atoms with Crippen LogP contribution in [0.2, 0.25) is 0 Å². The largest absolute Gasteiger partial charge is 0.359 e. The summed E-state index contributed by atoms with van der Waals surface area (Å²) >= 11 is 1.03. The van der Waals surface area contributed by atoms with Gasteiger partial charge in [0.25, 0.3) is 5.91 Å². The number of rotatable bonds is 4. The molecule has 0 N–H and O–H groups in total. The number of aryl methyl sites for hydroxylation is 1. The molecule has 0 atom stereocenters. The van der Waals surface area contributed by atoms with E-state index in [1.54, 1.807) is 26.2 Å². The van der Waals surface area contributed by atoms with E-state index in [-0.39, 0.29) is 5.91 Å². The predicted octanol–water partition coefficient (Wildman–Crippen LogP) is 2.17. The molecule has 0 aromatic carbocycles. The number of pyridine rings is 1. The maximum atomic E-state index is 12.3. The van der Waals surface area contributed by atoms with Crippen molar-refractivity contribution in [2.24, 2.45) is 0 Å². The van der Waals surface area contributed by atoms with Crippen molar-refractivity contribution < 1.29 is 9.32 Å². The summed E-state index contributed by atoms with van der Waals surface area (Å²) in [5, 5.41) is 3.98. The maximum Gasteiger partial charge on any atom is 0.275 e. The van der Waals surface area contributed by atoms with E-state index in [2.05, 4.69) is 18.9 Å². The third kappa shape index (κ3) is 2.86. The number of amides is 1. The van der Waals surface area contributed by atoms with Crippen LogP contribution in [0.5, 0.6) is 0 Å². The molecule has 3 aromatic rings. The minimum atomic E-state index is -0.193. The zero-order valence-corrected chi connectivity index (χ0v) is 12.9. The summed E-state index contributed by atoms with van der Waals surface area (Å²) in [6, 6.07) is 7.34. The van der Waals surface area contributed by atoms with Crippen LogP contribution in [0, 0.1) is 6.92 Å². The van der Waals surface area contributed by atoms with Crippen LogP contribution in [0.4, 0.5) is 0 Å². The molecule has 0 aliphatic carbocycles. The average molecular weight is 315 g/mol. The fraction of sp³-hybridized carbons (Fsp3) is 0.214. The molecule has 0 unspecified atom stereocenters. The number of carbonyl (C=O) groups is 1. The van der Waals surface area contributed by atoms with Crippen molar-refractivity contribution >= 4 is 17.6 Å². The van der Waals surface area contributed by atoms with Crippen LogP contribution >= 0.6 is 11.7 Å². The van der Waals surface area contributed by atoms with E-state index in [0.29, 0.717) is 29.4 Å². The summed E-state index contributed by atoms with van der Waals surface area (Å²) in [7, 11) is 1.68. The van der Waals surface area contributed by atoms with Gasteiger partial charge in [-0.05, 0) is 19.1 Å². The van der Waals surface area contributed by atoms with Crippen molar-refractivity contribution in [1.29, 1.82) is 0 Å². The van der Waals surface area contributed by atoms with Crippen molar-refractivity contribution in [2.45, 2.75) is 13.5 Å². The molecule has 0 spiro atoms. The van der Waals surface area contributed by atoms with Gasteiger partial charge in [-0.1, -0.05) is 11.2 Å². The molecule has 0 aliphatic heterocycles. The highest BCUT2D eigenvalue weighted by atomic mass is 32.1. The number of aromatic nitrogens is 4. The quantitative estimate of drug-likeness (QED) is 0.733. The lowest BCUT2D eigenvalue weighted by atomic mass is 10.2. The van der Waals surface area contributed by atoms with Gasteiger partial charge in [0.05, 0.1) is 29.7 Å². The molecule has 7 nitrogen and oxygen atoms in total. The van der Waals surface area contributed by atoms with Gasteiger partial charge in [-0.25, -0.2) is 0 Å². The van der Waals surface area contributed by atoms with Gasteiger partial charge in [0.15, 0.2) is 11.5 Å². The fourth-order valence-corrected chi connectivity index (χ4v) is 2.48. The third-order valence-corrected chi connectivity index (χ3v) is 3.70. The van der Waals surface area contributed by atoms with Gasteiger partial charge < -0.3 is 9.42 Å². The standard InChI is InChI=1S/C14H13N5O2S/c1-9-13(18-22-17-9)14(20)19(2)8-10-7-12(16-21-10)11-5-3-4-6-15-11/h3-7H,8H2,1-2H3. The number of hydrogen-bond donors (Lipinski definition) is 0.